The Morgan fingerprint density at radius 2 is 1.95 bits per heavy atom. The summed E-state index contributed by atoms with van der Waals surface area (Å²) in [7, 11) is 0. The van der Waals surface area contributed by atoms with Gasteiger partial charge in [0.2, 0.25) is 0 Å². The number of rotatable bonds is 2. The summed E-state index contributed by atoms with van der Waals surface area (Å²) in [6.07, 6.45) is 6.38. The van der Waals surface area contributed by atoms with Crippen molar-refractivity contribution < 1.29 is 0 Å². The van der Waals surface area contributed by atoms with Crippen LogP contribution in [0.1, 0.15) is 43.7 Å². The summed E-state index contributed by atoms with van der Waals surface area (Å²) in [6.45, 7) is 0. The van der Waals surface area contributed by atoms with Gasteiger partial charge in [0.25, 0.3) is 0 Å². The largest absolute Gasteiger partial charge is 0.252 e. The average Bonchev–Trinajstić information content (AvgIpc) is 2.48. The highest BCUT2D eigenvalue weighted by atomic mass is 15.1. The monoisotopic (exact) mass is 252 g/mol. The van der Waals surface area contributed by atoms with Gasteiger partial charge in [0.1, 0.15) is 0 Å². The first-order valence-electron chi connectivity index (χ1n) is 6.83. The molecule has 1 saturated carbocycles. The van der Waals surface area contributed by atoms with Crippen molar-refractivity contribution in [2.24, 2.45) is 5.11 Å². The van der Waals surface area contributed by atoms with Gasteiger partial charge in [-0.25, -0.2) is 0 Å². The van der Waals surface area contributed by atoms with E-state index in [4.69, 9.17) is 10.5 Å². The fourth-order valence-corrected chi connectivity index (χ4v) is 2.90. The first kappa shape index (κ1) is 12.0. The fraction of sp³-hybridized carbons (Fsp3) is 0.400. The van der Waals surface area contributed by atoms with Crippen LogP contribution in [0, 0.1) is 0 Å². The van der Waals surface area contributed by atoms with Crippen molar-refractivity contribution in [2.45, 2.75) is 38.0 Å². The van der Waals surface area contributed by atoms with Gasteiger partial charge in [-0.2, -0.15) is 0 Å². The highest BCUT2D eigenvalue weighted by Gasteiger charge is 2.17. The predicted molar refractivity (Wildman–Crippen MR) is 76.4 cm³/mol. The second kappa shape index (κ2) is 5.29. The number of benzene rings is 1. The number of nitrogens with zero attached hydrogens (tertiary/aromatic N) is 4. The molecule has 96 valence electrons. The molecule has 0 atom stereocenters. The van der Waals surface area contributed by atoms with Gasteiger partial charge < -0.3 is 0 Å². The Balaban J connectivity index is 2.07. The van der Waals surface area contributed by atoms with Gasteiger partial charge in [0.05, 0.1) is 11.2 Å². The van der Waals surface area contributed by atoms with Gasteiger partial charge in [-0.1, -0.05) is 48.6 Å². The molecule has 4 heteroatoms. The molecule has 0 radical (unpaired) electrons. The van der Waals surface area contributed by atoms with Gasteiger partial charge in [-0.05, 0) is 24.4 Å². The van der Waals surface area contributed by atoms with Crippen LogP contribution in [0.4, 0.5) is 5.69 Å². The Morgan fingerprint density at radius 1 is 1.11 bits per heavy atom. The van der Waals surface area contributed by atoms with Crippen molar-refractivity contribution in [3.05, 3.63) is 46.5 Å². The van der Waals surface area contributed by atoms with E-state index in [-0.39, 0.29) is 0 Å². The summed E-state index contributed by atoms with van der Waals surface area (Å²) in [4.78, 5) is 7.64. The van der Waals surface area contributed by atoms with Crippen molar-refractivity contribution in [1.82, 2.24) is 4.98 Å². The van der Waals surface area contributed by atoms with Crippen LogP contribution >= 0.6 is 0 Å². The Bertz CT molecular complexity index is 638. The molecule has 2 aromatic rings. The second-order valence-electron chi connectivity index (χ2n) is 5.11. The SMILES string of the molecule is [N-]=[N+]=Nc1cccc2ccc(C3CCCCC3)nc12. The normalized spacial score (nSPS) is 16.2. The third kappa shape index (κ3) is 2.40. The van der Waals surface area contributed by atoms with Gasteiger partial charge in [-0.15, -0.1) is 0 Å². The molecule has 0 amide bonds. The van der Waals surface area contributed by atoms with E-state index in [1.807, 2.05) is 18.2 Å². The molecule has 0 unspecified atom stereocenters. The van der Waals surface area contributed by atoms with E-state index in [0.717, 1.165) is 16.6 Å². The number of pyridine rings is 1. The van der Waals surface area contributed by atoms with Crippen molar-refractivity contribution in [3.8, 4) is 0 Å². The lowest BCUT2D eigenvalue weighted by Gasteiger charge is -2.21. The highest BCUT2D eigenvalue weighted by Crippen LogP contribution is 2.33. The molecule has 1 heterocycles. The quantitative estimate of drug-likeness (QED) is 0.410. The van der Waals surface area contributed by atoms with E-state index in [0.29, 0.717) is 11.6 Å². The number of hydrogen-bond donors (Lipinski definition) is 0. The maximum absolute atomic E-state index is 8.63. The van der Waals surface area contributed by atoms with E-state index in [9.17, 15) is 0 Å². The molecule has 3 rings (SSSR count). The lowest BCUT2D eigenvalue weighted by molar-refractivity contribution is 0.437. The second-order valence-corrected chi connectivity index (χ2v) is 5.11. The Morgan fingerprint density at radius 3 is 2.74 bits per heavy atom. The molecule has 0 spiro atoms. The molecular formula is C15H16N4. The molecule has 0 aliphatic heterocycles. The third-order valence-corrected chi connectivity index (χ3v) is 3.90. The molecule has 19 heavy (non-hydrogen) atoms. The lowest BCUT2D eigenvalue weighted by Crippen LogP contribution is -2.06. The summed E-state index contributed by atoms with van der Waals surface area (Å²) in [5.41, 5.74) is 11.2. The first-order valence-corrected chi connectivity index (χ1v) is 6.83. The molecule has 0 saturated heterocycles. The van der Waals surface area contributed by atoms with E-state index >= 15 is 0 Å². The predicted octanol–water partition coefficient (Wildman–Crippen LogP) is 5.22. The average molecular weight is 252 g/mol. The van der Waals surface area contributed by atoms with Crippen LogP contribution in [-0.4, -0.2) is 4.98 Å². The zero-order chi connectivity index (χ0) is 13.1. The van der Waals surface area contributed by atoms with Gasteiger partial charge in [0.15, 0.2) is 0 Å². The molecule has 4 nitrogen and oxygen atoms in total. The molecule has 1 aliphatic carbocycles. The van der Waals surface area contributed by atoms with Gasteiger partial charge in [-0.3, -0.25) is 4.98 Å². The number of aromatic nitrogens is 1. The van der Waals surface area contributed by atoms with E-state index in [2.05, 4.69) is 22.2 Å². The summed E-state index contributed by atoms with van der Waals surface area (Å²) in [6, 6.07) is 9.93. The minimum absolute atomic E-state index is 0.567. The van der Waals surface area contributed by atoms with Crippen LogP contribution in [-0.2, 0) is 0 Å². The summed E-state index contributed by atoms with van der Waals surface area (Å²) >= 11 is 0. The van der Waals surface area contributed by atoms with E-state index in [1.54, 1.807) is 0 Å². The van der Waals surface area contributed by atoms with Crippen LogP contribution < -0.4 is 0 Å². The standard InChI is InChI=1S/C15H16N4/c16-19-18-14-8-4-7-12-9-10-13(17-15(12)14)11-5-2-1-3-6-11/h4,7-11H,1-3,5-6H2. The van der Waals surface area contributed by atoms with Crippen molar-refractivity contribution >= 4 is 16.6 Å². The van der Waals surface area contributed by atoms with Crippen LogP contribution in [0.25, 0.3) is 21.3 Å². The maximum Gasteiger partial charge on any atom is 0.0801 e. The minimum atomic E-state index is 0.567. The lowest BCUT2D eigenvalue weighted by atomic mass is 9.86. The van der Waals surface area contributed by atoms with Crippen LogP contribution in [0.3, 0.4) is 0 Å². The van der Waals surface area contributed by atoms with Crippen molar-refractivity contribution in [2.75, 3.05) is 0 Å². The molecule has 1 fully saturated rings. The molecular weight excluding hydrogens is 236 g/mol. The van der Waals surface area contributed by atoms with Gasteiger partial charge in [0, 0.05) is 21.9 Å². The molecule has 1 aromatic carbocycles. The molecule has 0 bridgehead atoms. The minimum Gasteiger partial charge on any atom is -0.252 e. The third-order valence-electron chi connectivity index (χ3n) is 3.90. The number of fused-ring (bicyclic) bond motifs is 1. The Labute approximate surface area is 112 Å². The molecule has 0 N–H and O–H groups in total. The van der Waals surface area contributed by atoms with Crippen molar-refractivity contribution in [3.63, 3.8) is 0 Å². The van der Waals surface area contributed by atoms with Crippen LogP contribution in [0.2, 0.25) is 0 Å². The zero-order valence-corrected chi connectivity index (χ0v) is 10.8. The van der Waals surface area contributed by atoms with Crippen LogP contribution in [0.15, 0.2) is 35.4 Å². The Hall–Kier alpha value is -2.06. The summed E-state index contributed by atoms with van der Waals surface area (Å²) in [5.74, 6) is 0.567. The molecule has 1 aromatic heterocycles. The van der Waals surface area contributed by atoms with Crippen molar-refractivity contribution in [1.29, 1.82) is 0 Å². The maximum atomic E-state index is 8.63. The summed E-state index contributed by atoms with van der Waals surface area (Å²) in [5, 5.41) is 4.77. The molecule has 1 aliphatic rings. The number of azide groups is 1. The Kier molecular flexibility index (Phi) is 3.34. The first-order chi connectivity index (χ1) is 9.38. The number of para-hydroxylation sites is 1. The van der Waals surface area contributed by atoms with E-state index < -0.39 is 0 Å². The fourth-order valence-electron chi connectivity index (χ4n) is 2.90. The zero-order valence-electron chi connectivity index (χ0n) is 10.8. The van der Waals surface area contributed by atoms with Crippen LogP contribution in [0.5, 0.6) is 0 Å². The number of hydrogen-bond acceptors (Lipinski definition) is 2. The van der Waals surface area contributed by atoms with E-state index in [1.165, 1.54) is 32.1 Å². The highest BCUT2D eigenvalue weighted by molar-refractivity contribution is 5.88. The smallest absolute Gasteiger partial charge is 0.0801 e. The van der Waals surface area contributed by atoms with Gasteiger partial charge >= 0.3 is 0 Å². The topological polar surface area (TPSA) is 61.7 Å². The summed E-state index contributed by atoms with van der Waals surface area (Å²) < 4.78 is 0.